The Kier molecular flexibility index (Phi) is 6.21. The third kappa shape index (κ3) is 4.67. The third-order valence-corrected chi connectivity index (χ3v) is 2.75. The Bertz CT molecular complexity index is 579. The van der Waals surface area contributed by atoms with Crippen molar-refractivity contribution in [2.75, 3.05) is 14.2 Å². The number of carbonyl (C=O) groups is 4. The highest BCUT2D eigenvalue weighted by Crippen LogP contribution is 2.10. The number of aliphatic carboxylic acids is 1. The molecule has 0 aliphatic rings. The molecule has 0 aromatic heterocycles. The number of methoxy groups -OCH3 is 1. The Morgan fingerprint density at radius 1 is 1.09 bits per heavy atom. The van der Waals surface area contributed by atoms with E-state index in [0.29, 0.717) is 11.1 Å². The van der Waals surface area contributed by atoms with Gasteiger partial charge in [0.05, 0.1) is 32.7 Å². The number of nitrogens with zero attached hydrogens (tertiary/aromatic N) is 1. The number of rotatable bonds is 7. The number of carboxylic acids is 1. The summed E-state index contributed by atoms with van der Waals surface area (Å²) >= 11 is 0. The van der Waals surface area contributed by atoms with E-state index in [0.717, 1.165) is 5.06 Å². The van der Waals surface area contributed by atoms with Crippen molar-refractivity contribution in [3.05, 3.63) is 35.4 Å². The maximum absolute atomic E-state index is 11.8. The van der Waals surface area contributed by atoms with E-state index in [1.165, 1.54) is 26.4 Å². The van der Waals surface area contributed by atoms with Gasteiger partial charge >= 0.3 is 11.9 Å². The molecule has 1 aromatic carbocycles. The molecule has 0 unspecified atom stereocenters. The fourth-order valence-corrected chi connectivity index (χ4v) is 1.59. The molecule has 0 fully saturated rings. The minimum Gasteiger partial charge on any atom is -0.475 e. The van der Waals surface area contributed by atoms with Crippen molar-refractivity contribution in [1.82, 2.24) is 5.06 Å². The summed E-state index contributed by atoms with van der Waals surface area (Å²) in [7, 11) is 2.49. The summed E-state index contributed by atoms with van der Waals surface area (Å²) in [6, 6.07) is 6.21. The van der Waals surface area contributed by atoms with E-state index in [9.17, 15) is 19.2 Å². The highest BCUT2D eigenvalue weighted by atomic mass is 16.7. The molecule has 0 saturated heterocycles. The van der Waals surface area contributed by atoms with E-state index in [2.05, 4.69) is 4.74 Å². The molecule has 8 nitrogen and oxygen atoms in total. The normalized spacial score (nSPS) is 9.91. The second-order valence-corrected chi connectivity index (χ2v) is 4.21. The summed E-state index contributed by atoms with van der Waals surface area (Å²) in [4.78, 5) is 49.3. The van der Waals surface area contributed by atoms with Gasteiger partial charge in [-0.25, -0.2) is 14.7 Å². The molecule has 1 amide bonds. The van der Waals surface area contributed by atoms with E-state index >= 15 is 0 Å². The lowest BCUT2D eigenvalue weighted by atomic mass is 10.1. The molecule has 0 radical (unpaired) electrons. The number of carbonyl (C=O) groups excluding carboxylic acids is 3. The Labute approximate surface area is 126 Å². The first-order valence-corrected chi connectivity index (χ1v) is 6.17. The van der Waals surface area contributed by atoms with E-state index in [4.69, 9.17) is 9.94 Å². The molecule has 0 aliphatic carbocycles. The van der Waals surface area contributed by atoms with Gasteiger partial charge in [0.25, 0.3) is 5.91 Å². The predicted octanol–water partition coefficient (Wildman–Crippen LogP) is 0.407. The molecule has 1 N–H and O–H groups in total. The Balaban J connectivity index is 2.73. The number of hydroxylamine groups is 2. The van der Waals surface area contributed by atoms with Gasteiger partial charge < -0.3 is 9.84 Å². The molecule has 118 valence electrons. The minimum atomic E-state index is -1.67. The minimum absolute atomic E-state index is 0.00366. The zero-order valence-corrected chi connectivity index (χ0v) is 12.1. The van der Waals surface area contributed by atoms with Gasteiger partial charge in [-0.3, -0.25) is 14.4 Å². The average molecular weight is 309 g/mol. The number of ether oxygens (including phenoxy) is 1. The first-order valence-electron chi connectivity index (χ1n) is 6.17. The lowest BCUT2D eigenvalue weighted by molar-refractivity contribution is -0.180. The second kappa shape index (κ2) is 7.89. The van der Waals surface area contributed by atoms with Crippen LogP contribution in [0.1, 0.15) is 22.3 Å². The first kappa shape index (κ1) is 17.3. The summed E-state index contributed by atoms with van der Waals surface area (Å²) in [5.41, 5.74) is 0.980. The number of amides is 1. The van der Waals surface area contributed by atoms with Crippen LogP contribution in [0.4, 0.5) is 0 Å². The fraction of sp³-hybridized carbons (Fsp3) is 0.286. The van der Waals surface area contributed by atoms with Crippen LogP contribution < -0.4 is 0 Å². The number of esters is 1. The highest BCUT2D eigenvalue weighted by Gasteiger charge is 2.22. The van der Waals surface area contributed by atoms with Crippen LogP contribution in [-0.2, 0) is 30.5 Å². The van der Waals surface area contributed by atoms with Crippen LogP contribution in [0.25, 0.3) is 0 Å². The van der Waals surface area contributed by atoms with Crippen LogP contribution in [-0.4, -0.2) is 48.0 Å². The molecular formula is C14H15NO7. The van der Waals surface area contributed by atoms with E-state index in [-0.39, 0.29) is 6.54 Å². The Morgan fingerprint density at radius 3 is 2.14 bits per heavy atom. The number of Topliss-reactive ketones (excluding diaryl/α,β-unsaturated/α-hetero) is 1. The number of ketones is 1. The summed E-state index contributed by atoms with van der Waals surface area (Å²) in [6.45, 7) is 0.00366. The molecule has 1 aromatic rings. The van der Waals surface area contributed by atoms with Crippen LogP contribution in [0.15, 0.2) is 24.3 Å². The number of hydrogen-bond donors (Lipinski definition) is 1. The Hall–Kier alpha value is -2.74. The third-order valence-electron chi connectivity index (χ3n) is 2.75. The van der Waals surface area contributed by atoms with Crippen molar-refractivity contribution in [3.8, 4) is 0 Å². The van der Waals surface area contributed by atoms with Crippen molar-refractivity contribution >= 4 is 23.6 Å². The number of carboxylic acid groups (broad SMARTS) is 1. The quantitative estimate of drug-likeness (QED) is 0.336. The molecule has 0 heterocycles. The molecular weight excluding hydrogens is 294 g/mol. The molecule has 0 spiro atoms. The van der Waals surface area contributed by atoms with Crippen molar-refractivity contribution in [3.63, 3.8) is 0 Å². The zero-order chi connectivity index (χ0) is 16.7. The van der Waals surface area contributed by atoms with Crippen LogP contribution in [0.2, 0.25) is 0 Å². The number of benzene rings is 1. The van der Waals surface area contributed by atoms with Gasteiger partial charge in [0.1, 0.15) is 0 Å². The van der Waals surface area contributed by atoms with E-state index in [1.807, 2.05) is 0 Å². The van der Waals surface area contributed by atoms with Gasteiger partial charge in [-0.15, -0.1) is 0 Å². The SMILES string of the molecule is COC(=O)c1ccc(CN(OC)C(=O)CC(=O)C(=O)O)cc1. The smallest absolute Gasteiger partial charge is 0.372 e. The maximum Gasteiger partial charge on any atom is 0.372 e. The summed E-state index contributed by atoms with van der Waals surface area (Å²) < 4.78 is 4.56. The summed E-state index contributed by atoms with van der Waals surface area (Å²) in [6.07, 6.45) is -0.788. The molecule has 1 rings (SSSR count). The van der Waals surface area contributed by atoms with Crippen molar-refractivity contribution < 1.29 is 33.9 Å². The second-order valence-electron chi connectivity index (χ2n) is 4.21. The van der Waals surface area contributed by atoms with Gasteiger partial charge in [0.2, 0.25) is 5.78 Å². The van der Waals surface area contributed by atoms with Crippen LogP contribution in [0.5, 0.6) is 0 Å². The maximum atomic E-state index is 11.8. The monoisotopic (exact) mass is 309 g/mol. The van der Waals surface area contributed by atoms with Gasteiger partial charge in [-0.2, -0.15) is 0 Å². The molecule has 8 heteroatoms. The lowest BCUT2D eigenvalue weighted by Crippen LogP contribution is -2.32. The van der Waals surface area contributed by atoms with Gasteiger partial charge in [0.15, 0.2) is 0 Å². The largest absolute Gasteiger partial charge is 0.475 e. The molecule has 22 heavy (non-hydrogen) atoms. The Morgan fingerprint density at radius 2 is 1.68 bits per heavy atom. The first-order chi connectivity index (χ1) is 10.4. The molecule has 0 bridgehead atoms. The number of hydrogen-bond acceptors (Lipinski definition) is 6. The molecule has 0 saturated carbocycles. The topological polar surface area (TPSA) is 110 Å². The van der Waals surface area contributed by atoms with Crippen LogP contribution in [0, 0.1) is 0 Å². The predicted molar refractivity (Wildman–Crippen MR) is 72.6 cm³/mol. The lowest BCUT2D eigenvalue weighted by Gasteiger charge is -2.19. The average Bonchev–Trinajstić information content (AvgIpc) is 2.52. The summed E-state index contributed by atoms with van der Waals surface area (Å²) in [5.74, 6) is -4.15. The van der Waals surface area contributed by atoms with Crippen molar-refractivity contribution in [1.29, 1.82) is 0 Å². The van der Waals surface area contributed by atoms with Crippen molar-refractivity contribution in [2.45, 2.75) is 13.0 Å². The highest BCUT2D eigenvalue weighted by molar-refractivity contribution is 6.36. The molecule has 0 aliphatic heterocycles. The standard InChI is InChI=1S/C14H15NO7/c1-21-14(20)10-5-3-9(4-6-10)8-15(22-2)12(17)7-11(16)13(18)19/h3-6H,7-8H2,1-2H3,(H,18,19). The fourth-order valence-electron chi connectivity index (χ4n) is 1.59. The van der Waals surface area contributed by atoms with E-state index < -0.39 is 30.0 Å². The van der Waals surface area contributed by atoms with Gasteiger partial charge in [-0.1, -0.05) is 12.1 Å². The van der Waals surface area contributed by atoms with E-state index in [1.54, 1.807) is 12.1 Å². The van der Waals surface area contributed by atoms with Gasteiger partial charge in [0, 0.05) is 0 Å². The van der Waals surface area contributed by atoms with Crippen LogP contribution >= 0.6 is 0 Å². The van der Waals surface area contributed by atoms with Gasteiger partial charge in [-0.05, 0) is 17.7 Å². The zero-order valence-electron chi connectivity index (χ0n) is 12.1. The molecule has 0 atom stereocenters. The van der Waals surface area contributed by atoms with Crippen LogP contribution in [0.3, 0.4) is 0 Å². The summed E-state index contributed by atoms with van der Waals surface area (Å²) in [5, 5.41) is 9.35. The van der Waals surface area contributed by atoms with Crippen molar-refractivity contribution in [2.24, 2.45) is 0 Å².